The summed E-state index contributed by atoms with van der Waals surface area (Å²) in [6.45, 7) is -0.0278. The lowest BCUT2D eigenvalue weighted by atomic mass is 9.77. The van der Waals surface area contributed by atoms with Crippen molar-refractivity contribution in [1.82, 2.24) is 0 Å². The molecule has 0 bridgehead atoms. The van der Waals surface area contributed by atoms with Gasteiger partial charge in [0.25, 0.3) is 5.69 Å². The summed E-state index contributed by atoms with van der Waals surface area (Å²) < 4.78 is 29.1. The molecule has 2 heterocycles. The first-order valence-electron chi connectivity index (χ1n) is 14.2. The highest BCUT2D eigenvalue weighted by Crippen LogP contribution is 2.58. The van der Waals surface area contributed by atoms with E-state index in [1.807, 2.05) is 0 Å². The number of aromatic hydroxyl groups is 2. The highest BCUT2D eigenvalue weighted by molar-refractivity contribution is 5.99. The second-order valence-corrected chi connectivity index (χ2v) is 10.5. The third-order valence-corrected chi connectivity index (χ3v) is 7.75. The number of aliphatic carboxylic acids is 1. The first-order valence-corrected chi connectivity index (χ1v) is 14.2. The number of carbonyl (C=O) groups is 2. The Balaban J connectivity index is 1.30. The van der Waals surface area contributed by atoms with Crippen LogP contribution >= 0.6 is 0 Å². The molecule has 46 heavy (non-hydrogen) atoms. The van der Waals surface area contributed by atoms with Crippen LogP contribution in [0.5, 0.6) is 40.2 Å². The third-order valence-electron chi connectivity index (χ3n) is 7.75. The molecule has 4 aromatic rings. The number of nitrogens with zero attached hydrogens (tertiary/aromatic N) is 1. The Kier molecular flexibility index (Phi) is 7.74. The smallest absolute Gasteiger partial charge is 0.343 e. The predicted octanol–water partition coefficient (Wildman–Crippen LogP) is 5.45. The maximum atomic E-state index is 13.6. The lowest BCUT2D eigenvalue weighted by Gasteiger charge is -2.36. The number of phenols is 2. The number of phenolic OH excluding ortho intramolecular Hbond substituents is 2. The van der Waals surface area contributed by atoms with Gasteiger partial charge in [-0.1, -0.05) is 12.1 Å². The van der Waals surface area contributed by atoms with Gasteiger partial charge >= 0.3 is 11.9 Å². The number of carboxylic acids is 1. The summed E-state index contributed by atoms with van der Waals surface area (Å²) in [5.74, 6) is -0.783. The van der Waals surface area contributed by atoms with Gasteiger partial charge in [0.2, 0.25) is 0 Å². The van der Waals surface area contributed by atoms with E-state index in [4.69, 9.17) is 28.8 Å². The summed E-state index contributed by atoms with van der Waals surface area (Å²) in [5.41, 5.74) is 0.104. The number of carboxylic acid groups (broad SMARTS) is 1. The molecule has 2 aliphatic heterocycles. The lowest BCUT2D eigenvalue weighted by molar-refractivity contribution is -0.385. The van der Waals surface area contributed by atoms with Crippen molar-refractivity contribution in [3.8, 4) is 40.2 Å². The van der Waals surface area contributed by atoms with Gasteiger partial charge in [-0.3, -0.25) is 14.9 Å². The topological polar surface area (TPSA) is 184 Å². The third kappa shape index (κ3) is 5.21. The molecule has 3 N–H and O–H groups in total. The summed E-state index contributed by atoms with van der Waals surface area (Å²) in [5, 5.41) is 41.0. The summed E-state index contributed by atoms with van der Waals surface area (Å²) in [4.78, 5) is 35.7. The van der Waals surface area contributed by atoms with Gasteiger partial charge in [-0.25, -0.2) is 4.79 Å². The van der Waals surface area contributed by atoms with Gasteiger partial charge in [0, 0.05) is 47.2 Å². The molecular weight excluding hydrogens is 602 g/mol. The molecule has 1 spiro atoms. The van der Waals surface area contributed by atoms with Crippen LogP contribution in [0.4, 0.5) is 5.69 Å². The predicted molar refractivity (Wildman–Crippen MR) is 159 cm³/mol. The van der Waals surface area contributed by atoms with Gasteiger partial charge in [0.15, 0.2) is 17.1 Å². The highest BCUT2D eigenvalue weighted by Gasteiger charge is 2.54. The molecule has 0 radical (unpaired) electrons. The molecule has 6 rings (SSSR count). The standard InChI is InChI=1S/C33H27NO12/c1-42-28-14-18(24(34(40)41)17-29(28)43-12-3-6-30(37)38)11-13-44-25-5-2-4-23-31(25)32(39)46-33(23)21-9-7-19(35)15-26(21)45-27-16-20(36)8-10-22(27)33/h2,4-5,7-10,14-17,35-36H,3,6,11-13H2,1H3,(H,37,38). The highest BCUT2D eigenvalue weighted by atomic mass is 16.6. The van der Waals surface area contributed by atoms with Gasteiger partial charge in [-0.2, -0.15) is 0 Å². The SMILES string of the molecule is COc1cc(CCOc2cccc3c2C(=O)OC32c3ccc(O)cc3Oc3cc(O)ccc32)c([N+](=O)[O-])cc1OCCCC(=O)O. The molecule has 0 saturated heterocycles. The fourth-order valence-corrected chi connectivity index (χ4v) is 5.75. The van der Waals surface area contributed by atoms with Crippen molar-refractivity contribution in [3.63, 3.8) is 0 Å². The number of esters is 1. The molecule has 13 heteroatoms. The number of hydrogen-bond acceptors (Lipinski definition) is 11. The van der Waals surface area contributed by atoms with Gasteiger partial charge in [0.05, 0.1) is 31.3 Å². The molecule has 0 aromatic heterocycles. The fraction of sp³-hybridized carbons (Fsp3) is 0.212. The van der Waals surface area contributed by atoms with E-state index < -0.39 is 22.5 Å². The first kappa shape index (κ1) is 30.1. The van der Waals surface area contributed by atoms with Crippen LogP contribution in [-0.2, 0) is 21.6 Å². The van der Waals surface area contributed by atoms with Crippen LogP contribution in [0.2, 0.25) is 0 Å². The quantitative estimate of drug-likeness (QED) is 0.0826. The molecule has 13 nitrogen and oxygen atoms in total. The molecule has 0 aliphatic carbocycles. The summed E-state index contributed by atoms with van der Waals surface area (Å²) >= 11 is 0. The van der Waals surface area contributed by atoms with Crippen molar-refractivity contribution in [3.05, 3.63) is 105 Å². The molecule has 0 amide bonds. The Morgan fingerprint density at radius 1 is 0.891 bits per heavy atom. The lowest BCUT2D eigenvalue weighted by Crippen LogP contribution is -2.32. The summed E-state index contributed by atoms with van der Waals surface area (Å²) in [6.07, 6.45) is 0.160. The van der Waals surface area contributed by atoms with Crippen LogP contribution in [0.1, 0.15) is 45.5 Å². The minimum absolute atomic E-state index is 0.0301. The van der Waals surface area contributed by atoms with E-state index in [-0.39, 0.29) is 84.0 Å². The molecule has 4 aromatic carbocycles. The summed E-state index contributed by atoms with van der Waals surface area (Å²) in [7, 11) is 1.38. The second-order valence-electron chi connectivity index (χ2n) is 10.5. The number of methoxy groups -OCH3 is 1. The van der Waals surface area contributed by atoms with Crippen LogP contribution < -0.4 is 18.9 Å². The van der Waals surface area contributed by atoms with Gasteiger partial charge in [0.1, 0.15) is 34.3 Å². The number of benzene rings is 4. The van der Waals surface area contributed by atoms with Crippen molar-refractivity contribution in [2.75, 3.05) is 20.3 Å². The molecule has 2 aliphatic rings. The van der Waals surface area contributed by atoms with E-state index in [0.717, 1.165) is 0 Å². The second kappa shape index (κ2) is 11.8. The number of ether oxygens (including phenoxy) is 5. The first-order chi connectivity index (χ1) is 22.1. The van der Waals surface area contributed by atoms with Crippen LogP contribution in [-0.4, -0.2) is 52.5 Å². The average Bonchev–Trinajstić information content (AvgIpc) is 3.31. The minimum atomic E-state index is -1.47. The zero-order chi connectivity index (χ0) is 32.6. The number of carbonyl (C=O) groups excluding carboxylic acids is 1. The maximum Gasteiger partial charge on any atom is 0.343 e. The summed E-state index contributed by atoms with van der Waals surface area (Å²) in [6, 6.07) is 16.6. The van der Waals surface area contributed by atoms with E-state index in [0.29, 0.717) is 22.3 Å². The normalized spacial score (nSPS) is 13.5. The van der Waals surface area contributed by atoms with E-state index >= 15 is 0 Å². The van der Waals surface area contributed by atoms with Crippen molar-refractivity contribution in [2.45, 2.75) is 24.9 Å². The Morgan fingerprint density at radius 3 is 2.20 bits per heavy atom. The van der Waals surface area contributed by atoms with E-state index in [1.165, 1.54) is 43.5 Å². The Morgan fingerprint density at radius 2 is 1.57 bits per heavy atom. The number of nitro groups is 1. The number of hydrogen-bond donors (Lipinski definition) is 3. The number of fused-ring (bicyclic) bond motifs is 6. The largest absolute Gasteiger partial charge is 0.508 e. The average molecular weight is 630 g/mol. The zero-order valence-electron chi connectivity index (χ0n) is 24.3. The van der Waals surface area contributed by atoms with Crippen LogP contribution in [0.3, 0.4) is 0 Å². The Hall–Kier alpha value is -5.98. The van der Waals surface area contributed by atoms with Gasteiger partial charge < -0.3 is 39.0 Å². The Labute approximate surface area is 261 Å². The number of rotatable bonds is 11. The fourth-order valence-electron chi connectivity index (χ4n) is 5.75. The van der Waals surface area contributed by atoms with Crippen molar-refractivity contribution in [2.24, 2.45) is 0 Å². The minimum Gasteiger partial charge on any atom is -0.508 e. The molecule has 0 unspecified atom stereocenters. The van der Waals surface area contributed by atoms with Crippen LogP contribution in [0, 0.1) is 10.1 Å². The Bertz CT molecular complexity index is 1830. The molecule has 0 atom stereocenters. The van der Waals surface area contributed by atoms with E-state index in [2.05, 4.69) is 0 Å². The maximum absolute atomic E-state index is 13.6. The van der Waals surface area contributed by atoms with Crippen molar-refractivity contribution >= 4 is 17.6 Å². The van der Waals surface area contributed by atoms with Gasteiger partial charge in [-0.15, -0.1) is 0 Å². The monoisotopic (exact) mass is 629 g/mol. The zero-order valence-corrected chi connectivity index (χ0v) is 24.3. The molecule has 236 valence electrons. The molecule has 0 saturated carbocycles. The van der Waals surface area contributed by atoms with Gasteiger partial charge in [-0.05, 0) is 42.8 Å². The van der Waals surface area contributed by atoms with E-state index in [9.17, 15) is 29.9 Å². The van der Waals surface area contributed by atoms with E-state index in [1.54, 1.807) is 30.3 Å². The van der Waals surface area contributed by atoms with Crippen molar-refractivity contribution < 1.29 is 53.5 Å². The van der Waals surface area contributed by atoms with Crippen molar-refractivity contribution in [1.29, 1.82) is 0 Å². The molecular formula is C33H27NO12. The molecule has 0 fully saturated rings. The van der Waals surface area contributed by atoms with Crippen LogP contribution in [0.15, 0.2) is 66.7 Å². The number of nitro benzene ring substituents is 1. The van der Waals surface area contributed by atoms with Crippen LogP contribution in [0.25, 0.3) is 0 Å².